The zero-order valence-electron chi connectivity index (χ0n) is 16.7. The van der Waals surface area contributed by atoms with Crippen LogP contribution in [-0.2, 0) is 6.42 Å². The van der Waals surface area contributed by atoms with Crippen molar-refractivity contribution >= 4 is 45.0 Å². The first-order valence-corrected chi connectivity index (χ1v) is 10.6. The highest BCUT2D eigenvalue weighted by Gasteiger charge is 2.18. The summed E-state index contributed by atoms with van der Waals surface area (Å²) in [6, 6.07) is 20.3. The zero-order valence-corrected chi connectivity index (χ0v) is 18.2. The lowest BCUT2D eigenvalue weighted by Crippen LogP contribution is -1.98. The van der Waals surface area contributed by atoms with Crippen LogP contribution in [0.1, 0.15) is 18.1 Å². The van der Waals surface area contributed by atoms with Crippen LogP contribution in [0.15, 0.2) is 66.9 Å². The number of fused-ring (bicyclic) bond motifs is 3. The van der Waals surface area contributed by atoms with Crippen molar-refractivity contribution in [2.24, 2.45) is 0 Å². The summed E-state index contributed by atoms with van der Waals surface area (Å²) >= 11 is 12.8. The van der Waals surface area contributed by atoms with Gasteiger partial charge >= 0.3 is 0 Å². The van der Waals surface area contributed by atoms with Gasteiger partial charge in [-0.05, 0) is 54.8 Å². The molecule has 148 valence electrons. The summed E-state index contributed by atoms with van der Waals surface area (Å²) in [5, 5.41) is 8.32. The third-order valence-corrected chi connectivity index (χ3v) is 6.15. The number of benzene rings is 3. The summed E-state index contributed by atoms with van der Waals surface area (Å²) in [5.74, 6) is 0. The smallest absolute Gasteiger partial charge is 0.102 e. The highest BCUT2D eigenvalue weighted by molar-refractivity contribution is 6.32. The number of aromatic nitrogens is 3. The van der Waals surface area contributed by atoms with Gasteiger partial charge in [0.1, 0.15) is 5.69 Å². The van der Waals surface area contributed by atoms with E-state index in [2.05, 4.69) is 36.2 Å². The van der Waals surface area contributed by atoms with Crippen molar-refractivity contribution in [3.05, 3.63) is 88.0 Å². The first-order chi connectivity index (χ1) is 14.5. The van der Waals surface area contributed by atoms with E-state index in [0.717, 1.165) is 50.7 Å². The second-order valence-corrected chi connectivity index (χ2v) is 8.27. The Morgan fingerprint density at radius 3 is 2.43 bits per heavy atom. The van der Waals surface area contributed by atoms with Crippen LogP contribution >= 0.6 is 23.2 Å². The molecular formula is C25H19Cl2N3. The lowest BCUT2D eigenvalue weighted by Gasteiger charge is -2.08. The molecule has 0 saturated carbocycles. The maximum atomic E-state index is 6.44. The number of rotatable bonds is 3. The molecule has 2 aromatic heterocycles. The minimum atomic E-state index is 0.667. The van der Waals surface area contributed by atoms with Crippen LogP contribution in [0, 0.1) is 6.92 Å². The molecule has 0 fully saturated rings. The van der Waals surface area contributed by atoms with Crippen LogP contribution in [0.2, 0.25) is 10.0 Å². The van der Waals surface area contributed by atoms with Crippen LogP contribution in [0.3, 0.4) is 0 Å². The maximum Gasteiger partial charge on any atom is 0.102 e. The molecule has 0 aliphatic carbocycles. The van der Waals surface area contributed by atoms with E-state index < -0.39 is 0 Å². The fourth-order valence-corrected chi connectivity index (χ4v) is 4.11. The molecule has 0 atom stereocenters. The molecule has 5 rings (SSSR count). The Hall–Kier alpha value is -2.88. The number of halogens is 2. The fourth-order valence-electron chi connectivity index (χ4n) is 3.77. The summed E-state index contributed by atoms with van der Waals surface area (Å²) in [4.78, 5) is 4.67. The molecule has 30 heavy (non-hydrogen) atoms. The largest absolute Gasteiger partial charge is 0.255 e. The average Bonchev–Trinajstić information content (AvgIpc) is 3.16. The van der Waals surface area contributed by atoms with E-state index in [4.69, 9.17) is 28.3 Å². The number of nitrogens with zero attached hydrogens (tertiary/aromatic N) is 3. The van der Waals surface area contributed by atoms with Gasteiger partial charge in [0.15, 0.2) is 0 Å². The second kappa shape index (κ2) is 7.42. The molecular weight excluding hydrogens is 413 g/mol. The number of pyridine rings is 1. The SMILES string of the molecule is CCc1ccc(-c2nn(-c3ccc(C)c(Cl)c3)c3c2cnc2ccc(Cl)cc23)cc1. The van der Waals surface area contributed by atoms with E-state index in [1.165, 1.54) is 5.56 Å². The number of hydrogen-bond donors (Lipinski definition) is 0. The first kappa shape index (κ1) is 19.1. The summed E-state index contributed by atoms with van der Waals surface area (Å²) < 4.78 is 1.95. The molecule has 0 unspecified atom stereocenters. The molecule has 0 amide bonds. The van der Waals surface area contributed by atoms with Crippen molar-refractivity contribution in [1.82, 2.24) is 14.8 Å². The van der Waals surface area contributed by atoms with Crippen molar-refractivity contribution in [2.75, 3.05) is 0 Å². The molecule has 0 aliphatic rings. The predicted octanol–water partition coefficient (Wildman–Crippen LogP) is 7.42. The third-order valence-electron chi connectivity index (χ3n) is 5.50. The van der Waals surface area contributed by atoms with Gasteiger partial charge in [-0.3, -0.25) is 4.98 Å². The van der Waals surface area contributed by atoms with E-state index in [1.807, 2.05) is 54.2 Å². The van der Waals surface area contributed by atoms with Crippen molar-refractivity contribution in [1.29, 1.82) is 0 Å². The van der Waals surface area contributed by atoms with Gasteiger partial charge in [0.25, 0.3) is 0 Å². The van der Waals surface area contributed by atoms with E-state index in [1.54, 1.807) is 0 Å². The normalized spacial score (nSPS) is 11.5. The van der Waals surface area contributed by atoms with Gasteiger partial charge in [0, 0.05) is 32.6 Å². The molecule has 0 spiro atoms. The number of aryl methyl sites for hydroxylation is 2. The van der Waals surface area contributed by atoms with Crippen LogP contribution < -0.4 is 0 Å². The quantitative estimate of drug-likeness (QED) is 0.297. The predicted molar refractivity (Wildman–Crippen MR) is 126 cm³/mol. The fraction of sp³-hybridized carbons (Fsp3) is 0.120. The average molecular weight is 432 g/mol. The molecule has 0 aliphatic heterocycles. The summed E-state index contributed by atoms with van der Waals surface area (Å²) in [7, 11) is 0. The van der Waals surface area contributed by atoms with Crippen LogP contribution in [-0.4, -0.2) is 14.8 Å². The molecule has 5 heteroatoms. The molecule has 0 saturated heterocycles. The molecule has 0 radical (unpaired) electrons. The lowest BCUT2D eigenvalue weighted by atomic mass is 10.0. The minimum absolute atomic E-state index is 0.667. The molecule has 5 aromatic rings. The van der Waals surface area contributed by atoms with Crippen molar-refractivity contribution in [3.63, 3.8) is 0 Å². The Balaban J connectivity index is 1.86. The van der Waals surface area contributed by atoms with Gasteiger partial charge in [-0.1, -0.05) is 60.5 Å². The van der Waals surface area contributed by atoms with E-state index in [0.29, 0.717) is 10.0 Å². The second-order valence-electron chi connectivity index (χ2n) is 7.43. The van der Waals surface area contributed by atoms with Gasteiger partial charge in [-0.25, -0.2) is 4.68 Å². The van der Waals surface area contributed by atoms with Crippen LogP contribution in [0.5, 0.6) is 0 Å². The topological polar surface area (TPSA) is 30.7 Å². The molecule has 0 N–H and O–H groups in total. The van der Waals surface area contributed by atoms with E-state index in [9.17, 15) is 0 Å². The van der Waals surface area contributed by atoms with E-state index >= 15 is 0 Å². The molecule has 3 nitrogen and oxygen atoms in total. The molecule has 3 aromatic carbocycles. The Labute approximate surface area is 184 Å². The van der Waals surface area contributed by atoms with Crippen LogP contribution in [0.4, 0.5) is 0 Å². The first-order valence-electron chi connectivity index (χ1n) is 9.88. The monoisotopic (exact) mass is 431 g/mol. The van der Waals surface area contributed by atoms with Crippen molar-refractivity contribution < 1.29 is 0 Å². The van der Waals surface area contributed by atoms with Gasteiger partial charge in [0.05, 0.1) is 16.7 Å². The van der Waals surface area contributed by atoms with Crippen molar-refractivity contribution in [3.8, 4) is 16.9 Å². The number of hydrogen-bond acceptors (Lipinski definition) is 2. The maximum absolute atomic E-state index is 6.44. The molecule has 2 heterocycles. The third kappa shape index (κ3) is 3.15. The van der Waals surface area contributed by atoms with Gasteiger partial charge in [-0.2, -0.15) is 5.10 Å². The highest BCUT2D eigenvalue weighted by Crippen LogP contribution is 2.35. The van der Waals surface area contributed by atoms with Gasteiger partial charge < -0.3 is 0 Å². The standard InChI is InChI=1S/C25H19Cl2N3/c1-3-16-5-7-17(8-6-16)24-21-14-28-23-11-9-18(26)12-20(23)25(21)30(29-24)19-10-4-15(2)22(27)13-19/h4-14H,3H2,1-2H3. The van der Waals surface area contributed by atoms with Crippen molar-refractivity contribution in [2.45, 2.75) is 20.3 Å². The Kier molecular flexibility index (Phi) is 4.73. The molecule has 0 bridgehead atoms. The lowest BCUT2D eigenvalue weighted by molar-refractivity contribution is 0.917. The van der Waals surface area contributed by atoms with E-state index in [-0.39, 0.29) is 0 Å². The Morgan fingerprint density at radius 1 is 0.900 bits per heavy atom. The van der Waals surface area contributed by atoms with Gasteiger partial charge in [0.2, 0.25) is 0 Å². The summed E-state index contributed by atoms with van der Waals surface area (Å²) in [6.45, 7) is 4.15. The summed E-state index contributed by atoms with van der Waals surface area (Å²) in [5.41, 5.74) is 7.01. The van der Waals surface area contributed by atoms with Crippen LogP contribution in [0.25, 0.3) is 38.8 Å². The minimum Gasteiger partial charge on any atom is -0.255 e. The Morgan fingerprint density at radius 2 is 1.70 bits per heavy atom. The summed E-state index contributed by atoms with van der Waals surface area (Å²) in [6.07, 6.45) is 2.90. The highest BCUT2D eigenvalue weighted by atomic mass is 35.5. The van der Waals surface area contributed by atoms with Gasteiger partial charge in [-0.15, -0.1) is 0 Å². The Bertz CT molecular complexity index is 1400. The zero-order chi connectivity index (χ0) is 20.8.